The van der Waals surface area contributed by atoms with E-state index in [1.807, 2.05) is 32.0 Å². The number of likely N-dealkylation sites (tertiary alicyclic amines) is 1. The van der Waals surface area contributed by atoms with Crippen LogP contribution in [0.5, 0.6) is 11.5 Å². The molecule has 28 heavy (non-hydrogen) atoms. The summed E-state index contributed by atoms with van der Waals surface area (Å²) in [6.07, 6.45) is 1.01. The predicted octanol–water partition coefficient (Wildman–Crippen LogP) is 2.17. The molecule has 1 aromatic heterocycles. The molecule has 0 radical (unpaired) electrons. The topological polar surface area (TPSA) is 76.8 Å². The Bertz CT molecular complexity index is 892. The van der Waals surface area contributed by atoms with Crippen molar-refractivity contribution in [2.24, 2.45) is 0 Å². The van der Waals surface area contributed by atoms with E-state index in [4.69, 9.17) is 9.47 Å². The van der Waals surface area contributed by atoms with Crippen LogP contribution in [0, 0.1) is 13.8 Å². The number of amides is 1. The third-order valence-corrected chi connectivity index (χ3v) is 5.93. The van der Waals surface area contributed by atoms with Crippen LogP contribution in [0.2, 0.25) is 0 Å². The van der Waals surface area contributed by atoms with Crippen LogP contribution in [0.15, 0.2) is 18.2 Å². The smallest absolute Gasteiger partial charge is 0.244 e. The number of carbonyl (C=O) groups excluding carboxylic acids is 1. The number of fused-ring (bicyclic) bond motifs is 1. The number of carbonyl (C=O) groups is 1. The van der Waals surface area contributed by atoms with Crippen LogP contribution in [-0.2, 0) is 17.8 Å². The summed E-state index contributed by atoms with van der Waals surface area (Å²) in [6.45, 7) is 7.49. The zero-order valence-corrected chi connectivity index (χ0v) is 16.6. The van der Waals surface area contributed by atoms with Crippen LogP contribution in [0.4, 0.5) is 0 Å². The second-order valence-corrected chi connectivity index (χ2v) is 7.58. The zero-order chi connectivity index (χ0) is 19.8. The molecule has 4 rings (SSSR count). The minimum Gasteiger partial charge on any atom is -0.454 e. The van der Waals surface area contributed by atoms with Gasteiger partial charge in [0.2, 0.25) is 12.7 Å². The molecule has 1 fully saturated rings. The molecule has 7 nitrogen and oxygen atoms in total. The number of rotatable bonds is 4. The zero-order valence-electron chi connectivity index (χ0n) is 16.6. The molecule has 7 heteroatoms. The molecule has 2 atom stereocenters. The van der Waals surface area contributed by atoms with E-state index >= 15 is 0 Å². The van der Waals surface area contributed by atoms with E-state index < -0.39 is 6.10 Å². The number of nitrogens with zero attached hydrogens (tertiary/aromatic N) is 3. The number of piperidine rings is 1. The van der Waals surface area contributed by atoms with Gasteiger partial charge >= 0.3 is 0 Å². The fraction of sp³-hybridized carbons (Fsp3) is 0.524. The van der Waals surface area contributed by atoms with Gasteiger partial charge in [-0.25, -0.2) is 0 Å². The van der Waals surface area contributed by atoms with Gasteiger partial charge in [-0.3, -0.25) is 9.48 Å². The van der Waals surface area contributed by atoms with Crippen LogP contribution >= 0.6 is 0 Å². The van der Waals surface area contributed by atoms with Crippen LogP contribution in [-0.4, -0.2) is 51.7 Å². The van der Waals surface area contributed by atoms with E-state index in [-0.39, 0.29) is 25.2 Å². The number of β-amino-alcohol motifs (C(OH)–C–C–N with tert-alkyl or cyclic N) is 1. The Hall–Kier alpha value is -2.54. The molecule has 0 bridgehead atoms. The number of aromatic nitrogens is 2. The van der Waals surface area contributed by atoms with Gasteiger partial charge in [0.1, 0.15) is 6.54 Å². The summed E-state index contributed by atoms with van der Waals surface area (Å²) >= 11 is 0. The fourth-order valence-corrected chi connectivity index (χ4v) is 4.32. The maximum atomic E-state index is 12.8. The van der Waals surface area contributed by atoms with E-state index in [1.165, 1.54) is 5.56 Å². The highest BCUT2D eigenvalue weighted by molar-refractivity contribution is 5.76. The molecular weight excluding hydrogens is 358 g/mol. The Morgan fingerprint density at radius 2 is 2.07 bits per heavy atom. The van der Waals surface area contributed by atoms with Crippen molar-refractivity contribution in [1.82, 2.24) is 14.7 Å². The standard InChI is InChI=1S/C21H27N3O4/c1-4-16-13(2)22-24(14(16)3)11-21(26)23-8-7-17(18(25)10-23)15-5-6-19-20(9-15)28-12-27-19/h5-6,9,17-18,25H,4,7-8,10-12H2,1-3H3/t17-,18+/m0/s1. The molecular formula is C21H27N3O4. The highest BCUT2D eigenvalue weighted by Crippen LogP contribution is 2.37. The lowest BCUT2D eigenvalue weighted by atomic mass is 9.87. The van der Waals surface area contributed by atoms with Gasteiger partial charge < -0.3 is 19.5 Å². The molecule has 0 saturated carbocycles. The molecule has 150 valence electrons. The molecule has 3 heterocycles. The van der Waals surface area contributed by atoms with Gasteiger partial charge in [0.25, 0.3) is 0 Å². The van der Waals surface area contributed by atoms with Gasteiger partial charge in [0.15, 0.2) is 11.5 Å². The van der Waals surface area contributed by atoms with Crippen molar-refractivity contribution in [1.29, 1.82) is 0 Å². The number of aryl methyl sites for hydroxylation is 1. The summed E-state index contributed by atoms with van der Waals surface area (Å²) in [5.74, 6) is 1.44. The monoisotopic (exact) mass is 385 g/mol. The average Bonchev–Trinajstić information content (AvgIpc) is 3.25. The Kier molecular flexibility index (Phi) is 5.02. The molecule has 0 spiro atoms. The van der Waals surface area contributed by atoms with E-state index in [9.17, 15) is 9.90 Å². The maximum Gasteiger partial charge on any atom is 0.244 e. The lowest BCUT2D eigenvalue weighted by Gasteiger charge is -2.36. The molecule has 1 amide bonds. The highest BCUT2D eigenvalue weighted by atomic mass is 16.7. The molecule has 1 saturated heterocycles. The minimum atomic E-state index is -0.607. The van der Waals surface area contributed by atoms with E-state index in [1.54, 1.807) is 9.58 Å². The average molecular weight is 385 g/mol. The van der Waals surface area contributed by atoms with Gasteiger partial charge in [-0.2, -0.15) is 5.10 Å². The summed E-state index contributed by atoms with van der Waals surface area (Å²) in [5.41, 5.74) is 4.25. The van der Waals surface area contributed by atoms with Crippen LogP contribution in [0.1, 0.15) is 41.8 Å². The van der Waals surface area contributed by atoms with Crippen molar-refractivity contribution >= 4 is 5.91 Å². The third-order valence-electron chi connectivity index (χ3n) is 5.93. The predicted molar refractivity (Wildman–Crippen MR) is 104 cm³/mol. The first kappa shape index (κ1) is 18.8. The lowest BCUT2D eigenvalue weighted by Crippen LogP contribution is -2.46. The number of hydrogen-bond acceptors (Lipinski definition) is 5. The number of aliphatic hydroxyl groups excluding tert-OH is 1. The quantitative estimate of drug-likeness (QED) is 0.873. The van der Waals surface area contributed by atoms with E-state index in [2.05, 4.69) is 12.0 Å². The van der Waals surface area contributed by atoms with Crippen molar-refractivity contribution in [3.63, 3.8) is 0 Å². The maximum absolute atomic E-state index is 12.8. The van der Waals surface area contributed by atoms with Crippen LogP contribution in [0.25, 0.3) is 0 Å². The largest absolute Gasteiger partial charge is 0.454 e. The van der Waals surface area contributed by atoms with Gasteiger partial charge in [0.05, 0.1) is 11.8 Å². The molecule has 1 aromatic carbocycles. The number of hydrogen-bond donors (Lipinski definition) is 1. The van der Waals surface area contributed by atoms with Gasteiger partial charge in [-0.15, -0.1) is 0 Å². The second kappa shape index (κ2) is 7.47. The van der Waals surface area contributed by atoms with Crippen molar-refractivity contribution < 1.29 is 19.4 Å². The molecule has 1 N–H and O–H groups in total. The lowest BCUT2D eigenvalue weighted by molar-refractivity contribution is -0.135. The second-order valence-electron chi connectivity index (χ2n) is 7.58. The summed E-state index contributed by atoms with van der Waals surface area (Å²) in [7, 11) is 0. The van der Waals surface area contributed by atoms with Gasteiger partial charge in [-0.05, 0) is 49.9 Å². The number of benzene rings is 1. The Labute approximate surface area is 164 Å². The summed E-state index contributed by atoms with van der Waals surface area (Å²) < 4.78 is 12.6. The van der Waals surface area contributed by atoms with Crippen molar-refractivity contribution in [3.05, 3.63) is 40.7 Å². The van der Waals surface area contributed by atoms with Crippen LogP contribution in [0.3, 0.4) is 0 Å². The normalized spacial score (nSPS) is 21.2. The summed E-state index contributed by atoms with van der Waals surface area (Å²) in [4.78, 5) is 14.5. The first-order valence-corrected chi connectivity index (χ1v) is 9.86. The van der Waals surface area contributed by atoms with E-state index in [0.29, 0.717) is 19.5 Å². The van der Waals surface area contributed by atoms with Crippen LogP contribution < -0.4 is 9.47 Å². The number of ether oxygens (including phenoxy) is 2. The third kappa shape index (κ3) is 3.35. The Morgan fingerprint density at radius 3 is 2.79 bits per heavy atom. The van der Waals surface area contributed by atoms with Crippen molar-refractivity contribution in [2.75, 3.05) is 19.9 Å². The molecule has 2 aliphatic rings. The molecule has 0 unspecified atom stereocenters. The first-order valence-electron chi connectivity index (χ1n) is 9.86. The van der Waals surface area contributed by atoms with Crippen molar-refractivity contribution in [2.45, 2.75) is 52.2 Å². The number of aliphatic hydroxyl groups is 1. The Morgan fingerprint density at radius 1 is 1.29 bits per heavy atom. The Balaban J connectivity index is 1.42. The minimum absolute atomic E-state index is 0.00330. The van der Waals surface area contributed by atoms with E-state index in [0.717, 1.165) is 34.9 Å². The van der Waals surface area contributed by atoms with Crippen molar-refractivity contribution in [3.8, 4) is 11.5 Å². The summed E-state index contributed by atoms with van der Waals surface area (Å²) in [5, 5.41) is 15.2. The summed E-state index contributed by atoms with van der Waals surface area (Å²) in [6, 6.07) is 5.80. The SMILES string of the molecule is CCc1c(C)nn(CC(=O)N2CC[C@@H](c3ccc4c(c3)OCO4)[C@H](O)C2)c1C. The fourth-order valence-electron chi connectivity index (χ4n) is 4.32. The molecule has 0 aliphatic carbocycles. The molecule has 2 aromatic rings. The van der Waals surface area contributed by atoms with Gasteiger partial charge in [-0.1, -0.05) is 13.0 Å². The first-order chi connectivity index (χ1) is 13.5. The molecule has 2 aliphatic heterocycles. The van der Waals surface area contributed by atoms with Gasteiger partial charge in [0, 0.05) is 24.7 Å². The highest BCUT2D eigenvalue weighted by Gasteiger charge is 2.32.